The minimum absolute atomic E-state index is 0.0395. The van der Waals surface area contributed by atoms with Crippen molar-refractivity contribution in [3.05, 3.63) is 42.0 Å². The quantitative estimate of drug-likeness (QED) is 0.780. The van der Waals surface area contributed by atoms with E-state index in [1.54, 1.807) is 4.90 Å². The van der Waals surface area contributed by atoms with Crippen molar-refractivity contribution < 1.29 is 4.79 Å². The lowest BCUT2D eigenvalue weighted by Crippen LogP contribution is -2.47. The maximum absolute atomic E-state index is 12.7. The van der Waals surface area contributed by atoms with Crippen molar-refractivity contribution in [2.75, 3.05) is 49.6 Å². The molecule has 0 saturated carbocycles. The number of nitrogens with zero attached hydrogens (tertiary/aromatic N) is 6. The fraction of sp³-hybridized carbons (Fsp3) is 0.500. The first-order valence-electron chi connectivity index (χ1n) is 9.60. The van der Waals surface area contributed by atoms with Crippen LogP contribution < -0.4 is 9.80 Å². The highest BCUT2D eigenvalue weighted by Crippen LogP contribution is 2.19. The Kier molecular flexibility index (Phi) is 6.21. The van der Waals surface area contributed by atoms with E-state index in [0.29, 0.717) is 11.5 Å². The lowest BCUT2D eigenvalue weighted by Gasteiger charge is -2.36. The van der Waals surface area contributed by atoms with Crippen LogP contribution in [-0.4, -0.2) is 65.5 Å². The molecule has 3 heterocycles. The fourth-order valence-electron chi connectivity index (χ4n) is 3.22. The Hall–Kier alpha value is -2.70. The molecule has 0 N–H and O–H groups in total. The Balaban J connectivity index is 1.69. The van der Waals surface area contributed by atoms with Gasteiger partial charge in [-0.05, 0) is 25.5 Å². The van der Waals surface area contributed by atoms with Crippen molar-refractivity contribution >= 4 is 17.5 Å². The molecule has 27 heavy (non-hydrogen) atoms. The van der Waals surface area contributed by atoms with Crippen LogP contribution >= 0.6 is 0 Å². The minimum Gasteiger partial charge on any atom is -0.353 e. The summed E-state index contributed by atoms with van der Waals surface area (Å²) < 4.78 is 0. The van der Waals surface area contributed by atoms with Gasteiger partial charge in [-0.25, -0.2) is 15.0 Å². The number of amides is 1. The Morgan fingerprint density at radius 1 is 1.11 bits per heavy atom. The molecule has 1 amide bonds. The highest BCUT2D eigenvalue weighted by atomic mass is 16.2. The number of aryl methyl sites for hydroxylation is 1. The summed E-state index contributed by atoms with van der Waals surface area (Å²) in [5, 5.41) is 0. The molecule has 0 aliphatic carbocycles. The molecule has 2 aromatic rings. The van der Waals surface area contributed by atoms with Gasteiger partial charge in [0.2, 0.25) is 0 Å². The second-order valence-electron chi connectivity index (χ2n) is 6.90. The number of piperazine rings is 1. The van der Waals surface area contributed by atoms with E-state index in [4.69, 9.17) is 0 Å². The van der Waals surface area contributed by atoms with Crippen LogP contribution in [0, 0.1) is 6.92 Å². The molecule has 0 spiro atoms. The number of rotatable bonds is 6. The molecule has 2 aromatic heterocycles. The predicted octanol–water partition coefficient (Wildman–Crippen LogP) is 2.38. The normalized spacial score (nSPS) is 14.3. The number of unbranched alkanes of at least 4 members (excludes halogenated alkanes) is 1. The van der Waals surface area contributed by atoms with Crippen molar-refractivity contribution in [2.45, 2.75) is 26.7 Å². The summed E-state index contributed by atoms with van der Waals surface area (Å²) >= 11 is 0. The number of aromatic nitrogens is 3. The van der Waals surface area contributed by atoms with Crippen LogP contribution in [0.2, 0.25) is 0 Å². The molecule has 0 unspecified atom stereocenters. The Labute approximate surface area is 161 Å². The van der Waals surface area contributed by atoms with Crippen LogP contribution in [-0.2, 0) is 0 Å². The number of hydrogen-bond acceptors (Lipinski definition) is 6. The molecule has 0 aromatic carbocycles. The first kappa shape index (κ1) is 19.1. The van der Waals surface area contributed by atoms with Crippen molar-refractivity contribution in [1.29, 1.82) is 0 Å². The van der Waals surface area contributed by atoms with Gasteiger partial charge in [-0.2, -0.15) is 0 Å². The lowest BCUT2D eigenvalue weighted by atomic mass is 10.2. The number of hydrogen-bond donors (Lipinski definition) is 0. The molecule has 0 bridgehead atoms. The van der Waals surface area contributed by atoms with Gasteiger partial charge in [-0.3, -0.25) is 4.79 Å². The second-order valence-corrected chi connectivity index (χ2v) is 6.90. The van der Waals surface area contributed by atoms with E-state index in [1.165, 1.54) is 0 Å². The maximum atomic E-state index is 12.7. The SMILES string of the molecule is CCCCN(C)C(=O)c1cc(N2CCN(c3ccccn3)CC2)nc(C)n1. The molecule has 1 fully saturated rings. The number of pyridine rings is 1. The molecule has 7 nitrogen and oxygen atoms in total. The van der Waals surface area contributed by atoms with Crippen LogP contribution in [0.3, 0.4) is 0 Å². The van der Waals surface area contributed by atoms with Crippen molar-refractivity contribution in [1.82, 2.24) is 19.9 Å². The van der Waals surface area contributed by atoms with Crippen LogP contribution in [0.5, 0.6) is 0 Å². The molecule has 0 atom stereocenters. The van der Waals surface area contributed by atoms with Crippen LogP contribution in [0.15, 0.2) is 30.5 Å². The molecule has 144 valence electrons. The molecule has 0 radical (unpaired) electrons. The Morgan fingerprint density at radius 2 is 1.81 bits per heavy atom. The highest BCUT2D eigenvalue weighted by Gasteiger charge is 2.21. The third-order valence-electron chi connectivity index (χ3n) is 4.81. The Bertz CT molecular complexity index is 758. The van der Waals surface area contributed by atoms with Crippen LogP contribution in [0.1, 0.15) is 36.1 Å². The molecule has 1 aliphatic heterocycles. The zero-order valence-electron chi connectivity index (χ0n) is 16.4. The van der Waals surface area contributed by atoms with Crippen LogP contribution in [0.4, 0.5) is 11.6 Å². The average molecular weight is 368 g/mol. The monoisotopic (exact) mass is 368 g/mol. The van der Waals surface area contributed by atoms with Gasteiger partial charge in [-0.15, -0.1) is 0 Å². The smallest absolute Gasteiger partial charge is 0.272 e. The van der Waals surface area contributed by atoms with Crippen molar-refractivity contribution in [2.24, 2.45) is 0 Å². The minimum atomic E-state index is -0.0395. The van der Waals surface area contributed by atoms with E-state index in [1.807, 2.05) is 44.4 Å². The fourth-order valence-corrected chi connectivity index (χ4v) is 3.22. The van der Waals surface area contributed by atoms with E-state index in [9.17, 15) is 4.79 Å². The molecule has 3 rings (SSSR count). The molecule has 7 heteroatoms. The topological polar surface area (TPSA) is 65.5 Å². The maximum Gasteiger partial charge on any atom is 0.272 e. The first-order valence-corrected chi connectivity index (χ1v) is 9.60. The standard InChI is InChI=1S/C20H28N6O/c1-4-5-10-24(3)20(27)17-15-19(23-16(2)22-17)26-13-11-25(12-14-26)18-8-6-7-9-21-18/h6-9,15H,4-5,10-14H2,1-3H3. The van der Waals surface area contributed by atoms with Gasteiger partial charge >= 0.3 is 0 Å². The van der Waals surface area contributed by atoms with Crippen LogP contribution in [0.25, 0.3) is 0 Å². The largest absolute Gasteiger partial charge is 0.353 e. The molecule has 1 aliphatic rings. The molecular weight excluding hydrogens is 340 g/mol. The van der Waals surface area contributed by atoms with Gasteiger partial charge in [0.05, 0.1) is 0 Å². The zero-order chi connectivity index (χ0) is 19.2. The average Bonchev–Trinajstić information content (AvgIpc) is 2.71. The van der Waals surface area contributed by atoms with E-state index >= 15 is 0 Å². The summed E-state index contributed by atoms with van der Waals surface area (Å²) in [4.78, 5) is 32.3. The second kappa shape index (κ2) is 8.79. The van der Waals surface area contributed by atoms with E-state index in [0.717, 1.165) is 57.2 Å². The highest BCUT2D eigenvalue weighted by molar-refractivity contribution is 5.92. The van der Waals surface area contributed by atoms with Crippen molar-refractivity contribution in [3.8, 4) is 0 Å². The summed E-state index contributed by atoms with van der Waals surface area (Å²) in [5.74, 6) is 2.43. The number of carbonyl (C=O) groups is 1. The molecular formula is C20H28N6O. The zero-order valence-corrected chi connectivity index (χ0v) is 16.4. The van der Waals surface area contributed by atoms with Gasteiger partial charge in [0.15, 0.2) is 0 Å². The summed E-state index contributed by atoms with van der Waals surface area (Å²) in [5.41, 5.74) is 0.475. The van der Waals surface area contributed by atoms with E-state index in [2.05, 4.69) is 31.7 Å². The Morgan fingerprint density at radius 3 is 2.44 bits per heavy atom. The third-order valence-corrected chi connectivity index (χ3v) is 4.81. The van der Waals surface area contributed by atoms with Gasteiger partial charge in [0.1, 0.15) is 23.2 Å². The van der Waals surface area contributed by atoms with Gasteiger partial charge < -0.3 is 14.7 Å². The van der Waals surface area contributed by atoms with Gasteiger partial charge in [-0.1, -0.05) is 19.4 Å². The van der Waals surface area contributed by atoms with Gasteiger partial charge in [0, 0.05) is 52.0 Å². The first-order chi connectivity index (χ1) is 13.1. The third kappa shape index (κ3) is 4.72. The summed E-state index contributed by atoms with van der Waals surface area (Å²) in [6.45, 7) is 8.14. The lowest BCUT2D eigenvalue weighted by molar-refractivity contribution is 0.0787. The van der Waals surface area contributed by atoms with E-state index in [-0.39, 0.29) is 5.91 Å². The predicted molar refractivity (Wildman–Crippen MR) is 107 cm³/mol. The molecule has 1 saturated heterocycles. The van der Waals surface area contributed by atoms with Crippen molar-refractivity contribution in [3.63, 3.8) is 0 Å². The summed E-state index contributed by atoms with van der Waals surface area (Å²) in [6.07, 6.45) is 3.88. The summed E-state index contributed by atoms with van der Waals surface area (Å²) in [6, 6.07) is 7.80. The van der Waals surface area contributed by atoms with E-state index < -0.39 is 0 Å². The number of anilines is 2. The summed E-state index contributed by atoms with van der Waals surface area (Å²) in [7, 11) is 1.83. The number of carbonyl (C=O) groups excluding carboxylic acids is 1. The van der Waals surface area contributed by atoms with Gasteiger partial charge in [0.25, 0.3) is 5.91 Å².